The summed E-state index contributed by atoms with van der Waals surface area (Å²) in [5.74, 6) is 2.57. The average molecular weight is 701 g/mol. The van der Waals surface area contributed by atoms with E-state index >= 15 is 0 Å². The molecule has 0 unspecified atom stereocenters. The van der Waals surface area contributed by atoms with E-state index in [4.69, 9.17) is 9.72 Å². The van der Waals surface area contributed by atoms with Crippen LogP contribution in [0.4, 0.5) is 0 Å². The number of pyridine rings is 1. The van der Waals surface area contributed by atoms with Gasteiger partial charge in [0.05, 0.1) is 22.1 Å². The van der Waals surface area contributed by atoms with E-state index in [-0.39, 0.29) is 0 Å². The van der Waals surface area contributed by atoms with E-state index in [9.17, 15) is 0 Å². The van der Waals surface area contributed by atoms with Gasteiger partial charge >= 0.3 is 0 Å². The molecule has 1 spiro atoms. The van der Waals surface area contributed by atoms with E-state index in [1.807, 2.05) is 0 Å². The Morgan fingerprint density at radius 2 is 1.09 bits per heavy atom. The summed E-state index contributed by atoms with van der Waals surface area (Å²) in [7, 11) is 0. The largest absolute Gasteiger partial charge is 0.454 e. The minimum atomic E-state index is -0.580. The zero-order valence-corrected chi connectivity index (χ0v) is 29.8. The lowest BCUT2D eigenvalue weighted by molar-refractivity contribution is 0.440. The zero-order chi connectivity index (χ0) is 36.1. The summed E-state index contributed by atoms with van der Waals surface area (Å²) in [6, 6.07) is 69.9. The normalized spacial score (nSPS) is 13.4. The van der Waals surface area contributed by atoms with Gasteiger partial charge in [0.25, 0.3) is 0 Å². The summed E-state index contributed by atoms with van der Waals surface area (Å²) in [6.07, 6.45) is 0. The molecule has 0 fully saturated rings. The zero-order valence-electron chi connectivity index (χ0n) is 29.8. The summed E-state index contributed by atoms with van der Waals surface area (Å²) in [6.45, 7) is 0. The van der Waals surface area contributed by atoms with Gasteiger partial charge in [0.15, 0.2) is 5.75 Å². The van der Waals surface area contributed by atoms with Crippen LogP contribution in [-0.4, -0.2) is 9.55 Å². The second-order valence-electron chi connectivity index (χ2n) is 14.6. The van der Waals surface area contributed by atoms with Gasteiger partial charge < -0.3 is 4.74 Å². The smallest absolute Gasteiger partial charge is 0.156 e. The molecule has 3 heteroatoms. The predicted octanol–water partition coefficient (Wildman–Crippen LogP) is 13.1. The molecule has 55 heavy (non-hydrogen) atoms. The topological polar surface area (TPSA) is 27.1 Å². The van der Waals surface area contributed by atoms with Crippen molar-refractivity contribution in [3.63, 3.8) is 0 Å². The molecule has 256 valence electrons. The van der Waals surface area contributed by atoms with Crippen LogP contribution in [0.15, 0.2) is 194 Å². The minimum Gasteiger partial charge on any atom is -0.454 e. The number of aromatic nitrogens is 2. The van der Waals surface area contributed by atoms with Gasteiger partial charge in [0.1, 0.15) is 11.6 Å². The molecular weight excluding hydrogens is 669 g/mol. The first kappa shape index (κ1) is 30.3. The molecule has 10 aromatic rings. The Balaban J connectivity index is 1.27. The van der Waals surface area contributed by atoms with Crippen LogP contribution in [0.5, 0.6) is 11.5 Å². The molecular formula is C52H32N2O. The SMILES string of the molecule is c1ccc(-c2cc(-c3ccccc3)nc(-n3c4ccc5ccccc5c4c4ccc5c(c43)Oc3ccccc3C53c4ccccc4-c4ccccc43)c2)cc1. The highest BCUT2D eigenvalue weighted by Gasteiger charge is 2.51. The number of nitrogens with zero attached hydrogens (tertiary/aromatic N) is 2. The van der Waals surface area contributed by atoms with Crippen LogP contribution in [0.2, 0.25) is 0 Å². The highest BCUT2D eigenvalue weighted by atomic mass is 16.5. The molecule has 3 nitrogen and oxygen atoms in total. The Kier molecular flexibility index (Phi) is 6.26. The van der Waals surface area contributed by atoms with Crippen LogP contribution in [-0.2, 0) is 5.41 Å². The van der Waals surface area contributed by atoms with E-state index in [1.165, 1.54) is 38.4 Å². The number of hydrogen-bond acceptors (Lipinski definition) is 2. The third-order valence-corrected chi connectivity index (χ3v) is 11.8. The summed E-state index contributed by atoms with van der Waals surface area (Å²) in [5.41, 5.74) is 13.1. The molecule has 0 saturated heterocycles. The second kappa shape index (κ2) is 11.4. The summed E-state index contributed by atoms with van der Waals surface area (Å²) in [4.78, 5) is 5.51. The number of para-hydroxylation sites is 1. The van der Waals surface area contributed by atoms with Gasteiger partial charge in [-0.25, -0.2) is 4.98 Å². The van der Waals surface area contributed by atoms with Crippen molar-refractivity contribution < 1.29 is 4.74 Å². The van der Waals surface area contributed by atoms with Crippen molar-refractivity contribution in [2.24, 2.45) is 0 Å². The van der Waals surface area contributed by atoms with Crippen LogP contribution in [0.25, 0.3) is 71.9 Å². The minimum absolute atomic E-state index is 0.580. The van der Waals surface area contributed by atoms with Crippen molar-refractivity contribution in [3.8, 4) is 50.8 Å². The fraction of sp³-hybridized carbons (Fsp3) is 0.0192. The number of ether oxygens (including phenoxy) is 1. The third kappa shape index (κ3) is 4.12. The molecule has 1 aliphatic carbocycles. The quantitative estimate of drug-likeness (QED) is 0.183. The van der Waals surface area contributed by atoms with Gasteiger partial charge in [0, 0.05) is 27.5 Å². The summed E-state index contributed by atoms with van der Waals surface area (Å²) in [5, 5.41) is 4.72. The second-order valence-corrected chi connectivity index (χ2v) is 14.6. The maximum absolute atomic E-state index is 7.29. The molecule has 2 aliphatic rings. The van der Waals surface area contributed by atoms with E-state index in [0.29, 0.717) is 0 Å². The van der Waals surface area contributed by atoms with Crippen LogP contribution in [0.1, 0.15) is 22.3 Å². The van der Waals surface area contributed by atoms with Gasteiger partial charge in [0.2, 0.25) is 0 Å². The molecule has 2 aromatic heterocycles. The molecule has 0 bridgehead atoms. The molecule has 0 N–H and O–H groups in total. The molecule has 8 aromatic carbocycles. The number of benzene rings is 8. The van der Waals surface area contributed by atoms with Crippen LogP contribution < -0.4 is 4.74 Å². The Morgan fingerprint density at radius 3 is 1.85 bits per heavy atom. The van der Waals surface area contributed by atoms with E-state index in [1.54, 1.807) is 0 Å². The lowest BCUT2D eigenvalue weighted by Gasteiger charge is -2.39. The Hall–Kier alpha value is -7.23. The van der Waals surface area contributed by atoms with Crippen molar-refractivity contribution in [2.45, 2.75) is 5.41 Å². The Labute approximate surface area is 318 Å². The molecule has 3 heterocycles. The standard InChI is InChI=1S/C52H32N2O/c1-3-15-33(16-4-1)36-31-45(35-18-5-2-6-19-35)53-48(32-36)54-46-30-27-34-17-7-8-20-37(34)49(46)40-28-29-44-51(50(40)54)55-47-26-14-13-25-43(47)52(44)41-23-11-9-21-38(41)39-22-10-12-24-42(39)52/h1-32H. The average Bonchev–Trinajstić information content (AvgIpc) is 3.76. The van der Waals surface area contributed by atoms with Gasteiger partial charge in [-0.05, 0) is 68.4 Å². The van der Waals surface area contributed by atoms with E-state index in [2.05, 4.69) is 199 Å². The maximum atomic E-state index is 7.29. The number of hydrogen-bond donors (Lipinski definition) is 0. The molecule has 12 rings (SSSR count). The van der Waals surface area contributed by atoms with E-state index in [0.717, 1.165) is 67.2 Å². The highest BCUT2D eigenvalue weighted by molar-refractivity contribution is 6.22. The molecule has 0 amide bonds. The maximum Gasteiger partial charge on any atom is 0.156 e. The van der Waals surface area contributed by atoms with Crippen molar-refractivity contribution in [1.82, 2.24) is 9.55 Å². The third-order valence-electron chi connectivity index (χ3n) is 11.8. The first-order valence-electron chi connectivity index (χ1n) is 18.9. The van der Waals surface area contributed by atoms with Crippen LogP contribution in [0, 0.1) is 0 Å². The first-order chi connectivity index (χ1) is 27.3. The molecule has 0 atom stereocenters. The lowest BCUT2D eigenvalue weighted by Crippen LogP contribution is -2.32. The number of fused-ring (bicyclic) bond motifs is 15. The van der Waals surface area contributed by atoms with Crippen molar-refractivity contribution >= 4 is 32.6 Å². The van der Waals surface area contributed by atoms with Gasteiger partial charge in [-0.2, -0.15) is 0 Å². The van der Waals surface area contributed by atoms with E-state index < -0.39 is 5.41 Å². The van der Waals surface area contributed by atoms with Crippen molar-refractivity contribution in [2.75, 3.05) is 0 Å². The Bertz CT molecular complexity index is 3070. The van der Waals surface area contributed by atoms with Gasteiger partial charge in [-0.15, -0.1) is 0 Å². The summed E-state index contributed by atoms with van der Waals surface area (Å²) < 4.78 is 9.66. The van der Waals surface area contributed by atoms with Gasteiger partial charge in [-0.3, -0.25) is 4.57 Å². The fourth-order valence-corrected chi connectivity index (χ4v) is 9.60. The van der Waals surface area contributed by atoms with Gasteiger partial charge in [-0.1, -0.05) is 170 Å². The lowest BCUT2D eigenvalue weighted by atomic mass is 9.66. The molecule has 0 radical (unpaired) electrons. The first-order valence-corrected chi connectivity index (χ1v) is 18.9. The molecule has 1 aliphatic heterocycles. The fourth-order valence-electron chi connectivity index (χ4n) is 9.60. The predicted molar refractivity (Wildman–Crippen MR) is 224 cm³/mol. The Morgan fingerprint density at radius 1 is 0.455 bits per heavy atom. The molecule has 0 saturated carbocycles. The van der Waals surface area contributed by atoms with Crippen LogP contribution >= 0.6 is 0 Å². The number of rotatable bonds is 3. The van der Waals surface area contributed by atoms with Crippen molar-refractivity contribution in [3.05, 3.63) is 216 Å². The monoisotopic (exact) mass is 700 g/mol. The van der Waals surface area contributed by atoms with Crippen molar-refractivity contribution in [1.29, 1.82) is 0 Å². The van der Waals surface area contributed by atoms with Crippen LogP contribution in [0.3, 0.4) is 0 Å². The summed E-state index contributed by atoms with van der Waals surface area (Å²) >= 11 is 0. The highest BCUT2D eigenvalue weighted by Crippen LogP contribution is 2.63.